The van der Waals surface area contributed by atoms with Gasteiger partial charge in [-0.3, -0.25) is 9.59 Å². The van der Waals surface area contributed by atoms with Crippen molar-refractivity contribution >= 4 is 23.6 Å². The van der Waals surface area contributed by atoms with Crippen molar-refractivity contribution in [3.8, 4) is 5.69 Å². The Labute approximate surface area is 218 Å². The van der Waals surface area contributed by atoms with Crippen LogP contribution in [0.15, 0.2) is 23.4 Å². The third kappa shape index (κ3) is 6.01. The molecule has 0 unspecified atom stereocenters. The lowest BCUT2D eigenvalue weighted by atomic mass is 9.75. The summed E-state index contributed by atoms with van der Waals surface area (Å²) in [5, 5.41) is 10.8. The smallest absolute Gasteiger partial charge is 0.399 e. The molecule has 1 fully saturated rings. The highest BCUT2D eigenvalue weighted by Crippen LogP contribution is 2.42. The van der Waals surface area contributed by atoms with E-state index in [4.69, 9.17) is 10.5 Å². The van der Waals surface area contributed by atoms with E-state index in [2.05, 4.69) is 20.4 Å². The highest BCUT2D eigenvalue weighted by atomic mass is 19.4. The molecule has 1 saturated carbocycles. The summed E-state index contributed by atoms with van der Waals surface area (Å²) in [6.07, 6.45) is 0.157. The van der Waals surface area contributed by atoms with Crippen LogP contribution in [0.25, 0.3) is 5.69 Å². The summed E-state index contributed by atoms with van der Waals surface area (Å²) in [5.41, 5.74) is 4.67. The van der Waals surface area contributed by atoms with Gasteiger partial charge in [-0.05, 0) is 55.7 Å². The molecule has 3 N–H and O–H groups in total. The number of fused-ring (bicyclic) bond motifs is 1. The average Bonchev–Trinajstić information content (AvgIpc) is 3.22. The lowest BCUT2D eigenvalue weighted by Crippen LogP contribution is -2.31. The number of rotatable bonds is 8. The molecule has 2 aliphatic rings. The van der Waals surface area contributed by atoms with Gasteiger partial charge in [0.2, 0.25) is 0 Å². The van der Waals surface area contributed by atoms with Gasteiger partial charge in [0.15, 0.2) is 11.5 Å². The van der Waals surface area contributed by atoms with E-state index in [9.17, 15) is 22.8 Å². The van der Waals surface area contributed by atoms with Crippen LogP contribution in [0.5, 0.6) is 0 Å². The van der Waals surface area contributed by atoms with E-state index in [1.807, 2.05) is 13.8 Å². The molecular weight excluding hydrogens is 503 g/mol. The zero-order valence-corrected chi connectivity index (χ0v) is 21.6. The molecule has 0 atom stereocenters. The molecule has 4 rings (SSSR count). The van der Waals surface area contributed by atoms with E-state index in [0.717, 1.165) is 25.7 Å². The number of oxime groups is 1. The van der Waals surface area contributed by atoms with E-state index in [0.29, 0.717) is 18.0 Å². The van der Waals surface area contributed by atoms with Crippen LogP contribution in [0.4, 0.5) is 18.9 Å². The molecular formula is C26H32F3N5O4. The molecule has 9 nitrogen and oxygen atoms in total. The largest absolute Gasteiger partial charge is 0.435 e. The first-order valence-electron chi connectivity index (χ1n) is 12.5. The van der Waals surface area contributed by atoms with Gasteiger partial charge in [-0.1, -0.05) is 19.0 Å². The number of ether oxygens (including phenoxy) is 1. The second-order valence-corrected chi connectivity index (χ2v) is 10.5. The SMILES string of the molecule is CO/N=C/COC1CCC(Nc2cc(-n3nc(C(F)(F)F)c4c3CC(C)(C)CC4=O)ccc2C(N)=O)CC1. The number of nitrogens with two attached hydrogens (primary N) is 1. The van der Waals surface area contributed by atoms with Crippen molar-refractivity contribution < 1.29 is 32.3 Å². The molecule has 38 heavy (non-hydrogen) atoms. The van der Waals surface area contributed by atoms with Crippen LogP contribution >= 0.6 is 0 Å². The van der Waals surface area contributed by atoms with Gasteiger partial charge in [0.1, 0.15) is 7.11 Å². The molecule has 1 aromatic carbocycles. The molecule has 2 aliphatic carbocycles. The Hall–Kier alpha value is -3.41. The topological polar surface area (TPSA) is 121 Å². The van der Waals surface area contributed by atoms with Crippen molar-refractivity contribution in [1.82, 2.24) is 9.78 Å². The first-order valence-corrected chi connectivity index (χ1v) is 12.5. The summed E-state index contributed by atoms with van der Waals surface area (Å²) >= 11 is 0. The Morgan fingerprint density at radius 1 is 1.26 bits per heavy atom. The minimum atomic E-state index is -4.78. The fourth-order valence-electron chi connectivity index (χ4n) is 5.24. The predicted molar refractivity (Wildman–Crippen MR) is 135 cm³/mol. The Kier molecular flexibility index (Phi) is 7.82. The summed E-state index contributed by atoms with van der Waals surface area (Å²) in [4.78, 5) is 29.5. The number of hydrogen-bond donors (Lipinski definition) is 2. The standard InChI is InChI=1S/C26H32F3N5O4/c1-25(2)13-20-22(21(35)14-25)23(26(27,28)29)33-34(20)16-6-9-18(24(30)36)19(12-16)32-15-4-7-17(8-5-15)38-11-10-31-37-3/h6,9-10,12,15,17,32H,4-5,7-8,11,13-14H2,1-3H3,(H2,30,36)/b31-10+. The van der Waals surface area contributed by atoms with Crippen molar-refractivity contribution in [2.24, 2.45) is 16.3 Å². The summed E-state index contributed by atoms with van der Waals surface area (Å²) in [6, 6.07) is 4.55. The molecule has 0 aliphatic heterocycles. The monoisotopic (exact) mass is 535 g/mol. The highest BCUT2D eigenvalue weighted by molar-refractivity contribution is 6.00. The summed E-state index contributed by atoms with van der Waals surface area (Å²) < 4.78 is 48.5. The second kappa shape index (κ2) is 10.8. The third-order valence-corrected chi connectivity index (χ3v) is 6.95. The molecule has 0 radical (unpaired) electrons. The van der Waals surface area contributed by atoms with Gasteiger partial charge in [-0.15, -0.1) is 0 Å². The lowest BCUT2D eigenvalue weighted by Gasteiger charge is -2.30. The molecule has 0 bridgehead atoms. The number of hydrogen-bond acceptors (Lipinski definition) is 7. The fourth-order valence-corrected chi connectivity index (χ4v) is 5.24. The van der Waals surface area contributed by atoms with Crippen LogP contribution < -0.4 is 11.1 Å². The van der Waals surface area contributed by atoms with Crippen LogP contribution in [0.1, 0.15) is 78.1 Å². The number of carbonyl (C=O) groups excluding carboxylic acids is 2. The first kappa shape index (κ1) is 27.6. The van der Waals surface area contributed by atoms with Gasteiger partial charge in [0.25, 0.3) is 5.91 Å². The molecule has 1 heterocycles. The van der Waals surface area contributed by atoms with Gasteiger partial charge in [0, 0.05) is 18.2 Å². The maximum atomic E-state index is 13.9. The van der Waals surface area contributed by atoms with Crippen LogP contribution in [0.2, 0.25) is 0 Å². The van der Waals surface area contributed by atoms with E-state index < -0.39 is 29.0 Å². The van der Waals surface area contributed by atoms with Crippen LogP contribution in [-0.2, 0) is 22.2 Å². The number of benzene rings is 1. The number of carbonyl (C=O) groups is 2. The van der Waals surface area contributed by atoms with Crippen molar-refractivity contribution in [2.45, 2.75) is 70.7 Å². The van der Waals surface area contributed by atoms with Crippen LogP contribution in [0, 0.1) is 5.41 Å². The van der Waals surface area contributed by atoms with E-state index in [-0.39, 0.29) is 41.8 Å². The van der Waals surface area contributed by atoms with Crippen molar-refractivity contribution in [2.75, 3.05) is 19.0 Å². The predicted octanol–water partition coefficient (Wildman–Crippen LogP) is 4.52. The zero-order chi connectivity index (χ0) is 27.7. The maximum Gasteiger partial charge on any atom is 0.435 e. The molecule has 1 amide bonds. The van der Waals surface area contributed by atoms with Gasteiger partial charge >= 0.3 is 6.18 Å². The number of alkyl halides is 3. The molecule has 206 valence electrons. The number of nitrogens with one attached hydrogen (secondary N) is 1. The quantitative estimate of drug-likeness (QED) is 0.379. The maximum absolute atomic E-state index is 13.9. The van der Waals surface area contributed by atoms with Gasteiger partial charge < -0.3 is 20.6 Å². The summed E-state index contributed by atoms with van der Waals surface area (Å²) in [7, 11) is 1.46. The number of anilines is 1. The Morgan fingerprint density at radius 3 is 2.61 bits per heavy atom. The molecule has 1 aromatic heterocycles. The number of primary amides is 1. The van der Waals surface area contributed by atoms with Gasteiger partial charge in [-0.25, -0.2) is 4.68 Å². The molecule has 12 heteroatoms. The molecule has 2 aromatic rings. The van der Waals surface area contributed by atoms with Gasteiger partial charge in [0.05, 0.1) is 41.4 Å². The number of nitrogens with zero attached hydrogens (tertiary/aromatic N) is 3. The summed E-state index contributed by atoms with van der Waals surface area (Å²) in [5.74, 6) is -1.24. The Balaban J connectivity index is 1.62. The number of ketones is 1. The Morgan fingerprint density at radius 2 is 1.97 bits per heavy atom. The van der Waals surface area contributed by atoms with E-state index in [1.165, 1.54) is 23.9 Å². The third-order valence-electron chi connectivity index (χ3n) is 6.95. The number of halogens is 3. The molecule has 0 spiro atoms. The number of amides is 1. The minimum Gasteiger partial charge on any atom is -0.399 e. The van der Waals surface area contributed by atoms with Crippen molar-refractivity contribution in [3.05, 3.63) is 40.7 Å². The van der Waals surface area contributed by atoms with E-state index in [1.54, 1.807) is 12.3 Å². The number of aromatic nitrogens is 2. The molecule has 0 saturated heterocycles. The Bertz CT molecular complexity index is 1230. The normalized spacial score (nSPS) is 21.4. The fraction of sp³-hybridized carbons (Fsp3) is 0.538. The summed E-state index contributed by atoms with van der Waals surface area (Å²) in [6.45, 7) is 4.02. The van der Waals surface area contributed by atoms with Crippen molar-refractivity contribution in [3.63, 3.8) is 0 Å². The number of Topliss-reactive ketones (excluding diaryl/α,β-unsaturated/α-hetero) is 1. The van der Waals surface area contributed by atoms with E-state index >= 15 is 0 Å². The highest BCUT2D eigenvalue weighted by Gasteiger charge is 2.45. The van der Waals surface area contributed by atoms with Crippen molar-refractivity contribution in [1.29, 1.82) is 0 Å². The van der Waals surface area contributed by atoms with Crippen LogP contribution in [-0.4, -0.2) is 53.5 Å². The first-order chi connectivity index (χ1) is 17.9. The zero-order valence-electron chi connectivity index (χ0n) is 21.6. The van der Waals surface area contributed by atoms with Crippen LogP contribution in [0.3, 0.4) is 0 Å². The van der Waals surface area contributed by atoms with Gasteiger partial charge in [-0.2, -0.15) is 18.3 Å². The second-order valence-electron chi connectivity index (χ2n) is 10.5. The average molecular weight is 536 g/mol. The minimum absolute atomic E-state index is 0.00770. The lowest BCUT2D eigenvalue weighted by molar-refractivity contribution is -0.141.